The first kappa shape index (κ1) is 36.8. The van der Waals surface area contributed by atoms with Crippen molar-refractivity contribution in [1.82, 2.24) is 20.6 Å². The van der Waals surface area contributed by atoms with Gasteiger partial charge in [-0.1, -0.05) is 24.3 Å². The summed E-state index contributed by atoms with van der Waals surface area (Å²) in [6, 6.07) is 13.8. The van der Waals surface area contributed by atoms with Crippen molar-refractivity contribution in [1.29, 1.82) is 0 Å². The molecule has 0 spiro atoms. The summed E-state index contributed by atoms with van der Waals surface area (Å²) in [5.74, 6) is -3.27. The van der Waals surface area contributed by atoms with Crippen molar-refractivity contribution in [2.75, 3.05) is 13.7 Å². The van der Waals surface area contributed by atoms with Crippen LogP contribution in [-0.4, -0.2) is 102 Å². The second-order valence-corrected chi connectivity index (χ2v) is 13.5. The number of likely N-dealkylation sites (tertiary alicyclic amines) is 1. The average Bonchev–Trinajstić information content (AvgIpc) is 3.94. The van der Waals surface area contributed by atoms with Gasteiger partial charge in [-0.05, 0) is 76.9 Å². The Morgan fingerprint density at radius 3 is 2.13 bits per heavy atom. The molecule has 3 atom stereocenters. The Morgan fingerprint density at radius 1 is 0.889 bits per heavy atom. The molecule has 4 aliphatic rings. The molecule has 0 unspecified atom stereocenters. The van der Waals surface area contributed by atoms with E-state index in [9.17, 15) is 38.8 Å². The van der Waals surface area contributed by atoms with Crippen LogP contribution in [0, 0.1) is 0 Å². The molecular weight excluding hydrogens is 702 g/mol. The molecule has 4 heterocycles. The van der Waals surface area contributed by atoms with E-state index in [0.717, 1.165) is 16.7 Å². The summed E-state index contributed by atoms with van der Waals surface area (Å²) in [4.78, 5) is 85.5. The van der Waals surface area contributed by atoms with Crippen molar-refractivity contribution in [2.45, 2.75) is 63.4 Å². The molecule has 0 aromatic heterocycles. The second-order valence-electron chi connectivity index (χ2n) is 13.5. The van der Waals surface area contributed by atoms with E-state index in [-0.39, 0.29) is 56.6 Å². The zero-order chi connectivity index (χ0) is 38.1. The van der Waals surface area contributed by atoms with Crippen LogP contribution < -0.4 is 26.3 Å². The third-order valence-corrected chi connectivity index (χ3v) is 9.93. The quantitative estimate of drug-likeness (QED) is 0.136. The van der Waals surface area contributed by atoms with Gasteiger partial charge in [-0.3, -0.25) is 24.0 Å². The zero-order valence-electron chi connectivity index (χ0n) is 29.2. The minimum atomic E-state index is -1.21. The standard InChI is InChI=1S/C36H36B2N4O12/c1-51-27-8-2-20(3-9-27)12-25(16-33(45)54-42-31(43)10-11-32(42)44)39-35(47)30-15-26(40-34(46)21-4-6-23-18-52-37(49)28(23)13-21)17-41(30)36(48)22-5-7-24-19-53-38(50)29(24)14-22/h2-9,13-14,25-26,30,49-50H,10-12,15-19H2,1H3,(H,39,47)(H,40,46)/t25-,26+,30-/m0/s1. The van der Waals surface area contributed by atoms with E-state index in [1.54, 1.807) is 48.5 Å². The largest absolute Gasteiger partial charge is 0.497 e. The molecule has 4 aliphatic heterocycles. The van der Waals surface area contributed by atoms with Gasteiger partial charge in [0.05, 0.1) is 26.7 Å². The number of methoxy groups -OCH3 is 1. The van der Waals surface area contributed by atoms with E-state index in [2.05, 4.69) is 10.6 Å². The fraction of sp³-hybridized carbons (Fsp3) is 0.333. The Kier molecular flexibility index (Phi) is 10.5. The number of fused-ring (bicyclic) bond motifs is 2. The van der Waals surface area contributed by atoms with Gasteiger partial charge in [0.25, 0.3) is 23.6 Å². The number of imide groups is 1. The van der Waals surface area contributed by atoms with Crippen LogP contribution in [0.5, 0.6) is 5.75 Å². The molecule has 18 heteroatoms. The lowest BCUT2D eigenvalue weighted by atomic mass is 9.78. The highest BCUT2D eigenvalue weighted by Gasteiger charge is 2.42. The first-order valence-corrected chi connectivity index (χ1v) is 17.4. The van der Waals surface area contributed by atoms with Gasteiger partial charge in [-0.2, -0.15) is 0 Å². The van der Waals surface area contributed by atoms with Crippen LogP contribution in [0.3, 0.4) is 0 Å². The summed E-state index contributed by atoms with van der Waals surface area (Å²) in [6.07, 6.45) is -0.454. The minimum Gasteiger partial charge on any atom is -0.497 e. The molecule has 16 nitrogen and oxygen atoms in total. The first-order valence-electron chi connectivity index (χ1n) is 17.4. The highest BCUT2D eigenvalue weighted by molar-refractivity contribution is 6.62. The maximum Gasteiger partial charge on any atom is 0.491 e. The number of amides is 5. The van der Waals surface area contributed by atoms with Gasteiger partial charge in [0, 0.05) is 42.6 Å². The summed E-state index contributed by atoms with van der Waals surface area (Å²) < 4.78 is 15.8. The van der Waals surface area contributed by atoms with Gasteiger partial charge in [0.2, 0.25) is 5.91 Å². The van der Waals surface area contributed by atoms with Crippen molar-refractivity contribution in [2.24, 2.45) is 0 Å². The molecule has 5 amide bonds. The van der Waals surface area contributed by atoms with Gasteiger partial charge in [0.1, 0.15) is 11.8 Å². The number of hydroxylamine groups is 2. The first-order chi connectivity index (χ1) is 26.0. The van der Waals surface area contributed by atoms with Crippen LogP contribution in [0.15, 0.2) is 60.7 Å². The number of nitrogens with zero attached hydrogens (tertiary/aromatic N) is 2. The summed E-state index contributed by atoms with van der Waals surface area (Å²) in [5.41, 5.74) is 3.54. The van der Waals surface area contributed by atoms with E-state index in [4.69, 9.17) is 18.9 Å². The van der Waals surface area contributed by atoms with Crippen molar-refractivity contribution in [3.63, 3.8) is 0 Å². The van der Waals surface area contributed by atoms with Gasteiger partial charge < -0.3 is 44.5 Å². The molecule has 0 saturated carbocycles. The Morgan fingerprint density at radius 2 is 1.50 bits per heavy atom. The van der Waals surface area contributed by atoms with Crippen molar-refractivity contribution in [3.8, 4) is 5.75 Å². The molecule has 0 radical (unpaired) electrons. The molecule has 278 valence electrons. The Hall–Kier alpha value is -5.55. The molecular formula is C36H36B2N4O12. The number of hydrogen-bond donors (Lipinski definition) is 4. The summed E-state index contributed by atoms with van der Waals surface area (Å²) in [7, 11) is -0.849. The topological polar surface area (TPSA) is 210 Å². The fourth-order valence-corrected chi connectivity index (χ4v) is 7.07. The average molecular weight is 738 g/mol. The number of rotatable bonds is 11. The van der Waals surface area contributed by atoms with Crippen LogP contribution in [0.2, 0.25) is 0 Å². The van der Waals surface area contributed by atoms with Crippen molar-refractivity contribution < 1.29 is 57.7 Å². The third-order valence-electron chi connectivity index (χ3n) is 9.93. The van der Waals surface area contributed by atoms with Crippen LogP contribution in [-0.2, 0) is 53.0 Å². The summed E-state index contributed by atoms with van der Waals surface area (Å²) in [6.45, 7) is 0.337. The van der Waals surface area contributed by atoms with E-state index in [0.29, 0.717) is 21.7 Å². The minimum absolute atomic E-state index is 0.00709. The van der Waals surface area contributed by atoms with Crippen LogP contribution in [0.25, 0.3) is 0 Å². The van der Waals surface area contributed by atoms with E-state index in [1.807, 2.05) is 0 Å². The van der Waals surface area contributed by atoms with Gasteiger partial charge in [-0.25, -0.2) is 4.79 Å². The van der Waals surface area contributed by atoms with Gasteiger partial charge >= 0.3 is 20.2 Å². The highest BCUT2D eigenvalue weighted by atomic mass is 16.7. The second kappa shape index (κ2) is 15.4. The zero-order valence-corrected chi connectivity index (χ0v) is 29.2. The van der Waals surface area contributed by atoms with Gasteiger partial charge in [-0.15, -0.1) is 5.06 Å². The Bertz CT molecular complexity index is 2000. The maximum absolute atomic E-state index is 14.2. The predicted molar refractivity (Wildman–Crippen MR) is 189 cm³/mol. The fourth-order valence-electron chi connectivity index (χ4n) is 7.07. The number of nitrogens with one attached hydrogen (secondary N) is 2. The molecule has 54 heavy (non-hydrogen) atoms. The number of carbonyl (C=O) groups excluding carboxylic acids is 6. The lowest BCUT2D eigenvalue weighted by Crippen LogP contribution is -2.50. The monoisotopic (exact) mass is 738 g/mol. The lowest BCUT2D eigenvalue weighted by Gasteiger charge is -2.27. The number of carbonyl (C=O) groups is 6. The van der Waals surface area contributed by atoms with E-state index in [1.165, 1.54) is 24.1 Å². The van der Waals surface area contributed by atoms with E-state index < -0.39 is 74.3 Å². The van der Waals surface area contributed by atoms with Crippen LogP contribution in [0.4, 0.5) is 0 Å². The Labute approximate surface area is 309 Å². The molecule has 3 aromatic carbocycles. The molecule has 4 N–H and O–H groups in total. The normalized spacial score (nSPS) is 19.5. The number of hydrogen-bond acceptors (Lipinski definition) is 12. The Balaban J connectivity index is 1.12. The molecule has 2 fully saturated rings. The summed E-state index contributed by atoms with van der Waals surface area (Å²) >= 11 is 0. The molecule has 7 rings (SSSR count). The highest BCUT2D eigenvalue weighted by Crippen LogP contribution is 2.24. The molecule has 2 saturated heterocycles. The summed E-state index contributed by atoms with van der Waals surface area (Å²) in [5, 5.41) is 26.7. The lowest BCUT2D eigenvalue weighted by molar-refractivity contribution is -0.197. The molecule has 3 aromatic rings. The van der Waals surface area contributed by atoms with Crippen molar-refractivity contribution in [3.05, 3.63) is 88.5 Å². The predicted octanol–water partition coefficient (Wildman–Crippen LogP) is -1.13. The third kappa shape index (κ3) is 7.72. The van der Waals surface area contributed by atoms with Gasteiger partial charge in [0.15, 0.2) is 0 Å². The van der Waals surface area contributed by atoms with E-state index >= 15 is 0 Å². The number of benzene rings is 3. The molecule has 0 aliphatic carbocycles. The SMILES string of the molecule is COc1ccc(C[C@@H](CC(=O)ON2C(=O)CCC2=O)NC(=O)[C@@H]2C[C@@H](NC(=O)c3ccc4c(c3)B(O)OC4)CN2C(=O)c2ccc3c(c2)B(O)OC3)cc1. The van der Waals surface area contributed by atoms with Crippen molar-refractivity contribution >= 4 is 60.7 Å². The maximum atomic E-state index is 14.2. The number of ether oxygens (including phenoxy) is 1. The molecule has 0 bridgehead atoms. The smallest absolute Gasteiger partial charge is 0.491 e. The van der Waals surface area contributed by atoms with Crippen LogP contribution in [0.1, 0.15) is 63.1 Å². The van der Waals surface area contributed by atoms with Crippen LogP contribution >= 0.6 is 0 Å².